The van der Waals surface area contributed by atoms with Crippen LogP contribution in [0.2, 0.25) is 0 Å². The van der Waals surface area contributed by atoms with Gasteiger partial charge in [0.25, 0.3) is 0 Å². The number of unbranched alkanes of at least 4 members (excludes halogenated alkanes) is 27. The molecule has 0 aromatic rings. The summed E-state index contributed by atoms with van der Waals surface area (Å²) in [6, 6.07) is -0.632. The molecule has 0 aromatic carbocycles. The summed E-state index contributed by atoms with van der Waals surface area (Å²) in [4.78, 5) is 12.3. The summed E-state index contributed by atoms with van der Waals surface area (Å²) in [6.07, 6.45) is 47.2. The highest BCUT2D eigenvalue weighted by Crippen LogP contribution is 2.16. The van der Waals surface area contributed by atoms with Crippen LogP contribution in [-0.2, 0) is 4.79 Å². The molecular formula is C41H79NO3. The first kappa shape index (κ1) is 43.9. The van der Waals surface area contributed by atoms with Crippen LogP contribution in [0.1, 0.15) is 213 Å². The molecule has 0 aromatic heterocycles. The van der Waals surface area contributed by atoms with E-state index in [1.54, 1.807) is 6.08 Å². The van der Waals surface area contributed by atoms with Crippen LogP contribution in [0.4, 0.5) is 0 Å². The Morgan fingerprint density at radius 1 is 0.511 bits per heavy atom. The fraction of sp³-hybridized carbons (Fsp3) is 0.878. The van der Waals surface area contributed by atoms with Crippen LogP contribution in [0.3, 0.4) is 0 Å². The van der Waals surface area contributed by atoms with E-state index in [1.807, 2.05) is 6.08 Å². The Hall–Kier alpha value is -1.13. The number of carbonyl (C=O) groups is 1. The number of hydrogen-bond acceptors (Lipinski definition) is 3. The summed E-state index contributed by atoms with van der Waals surface area (Å²) in [7, 11) is 0. The second kappa shape index (κ2) is 37.3. The van der Waals surface area contributed by atoms with Gasteiger partial charge in [-0.3, -0.25) is 4.79 Å². The Balaban J connectivity index is 3.47. The Labute approximate surface area is 281 Å². The number of hydrogen-bond donors (Lipinski definition) is 3. The van der Waals surface area contributed by atoms with Gasteiger partial charge >= 0.3 is 0 Å². The molecule has 2 unspecified atom stereocenters. The summed E-state index contributed by atoms with van der Waals surface area (Å²) >= 11 is 0. The molecular weight excluding hydrogens is 554 g/mol. The summed E-state index contributed by atoms with van der Waals surface area (Å²) in [6.45, 7) is 4.25. The van der Waals surface area contributed by atoms with Crippen LogP contribution in [0.15, 0.2) is 24.3 Å². The second-order valence-electron chi connectivity index (χ2n) is 13.7. The maximum absolute atomic E-state index is 12.3. The average molecular weight is 634 g/mol. The van der Waals surface area contributed by atoms with Crippen LogP contribution in [0, 0.1) is 0 Å². The van der Waals surface area contributed by atoms with Gasteiger partial charge in [-0.25, -0.2) is 0 Å². The molecule has 0 aliphatic rings. The molecule has 0 fully saturated rings. The monoisotopic (exact) mass is 634 g/mol. The molecule has 0 aliphatic carbocycles. The lowest BCUT2D eigenvalue weighted by Crippen LogP contribution is -2.45. The SMILES string of the molecule is CCCCC/C=C/CC/C=C/C(O)C(CO)NC(=O)CCCCCCCCCCCCCCCCCCCCCCCCCC. The topological polar surface area (TPSA) is 69.6 Å². The summed E-state index contributed by atoms with van der Waals surface area (Å²) < 4.78 is 0. The molecule has 0 saturated carbocycles. The molecule has 0 aliphatic heterocycles. The summed E-state index contributed by atoms with van der Waals surface area (Å²) in [5, 5.41) is 22.8. The van der Waals surface area contributed by atoms with Gasteiger partial charge in [-0.05, 0) is 32.1 Å². The molecule has 1 amide bonds. The van der Waals surface area contributed by atoms with Crippen molar-refractivity contribution >= 4 is 5.91 Å². The number of rotatable bonds is 36. The van der Waals surface area contributed by atoms with Crippen molar-refractivity contribution in [1.82, 2.24) is 5.32 Å². The van der Waals surface area contributed by atoms with Crippen LogP contribution in [0.5, 0.6) is 0 Å². The highest BCUT2D eigenvalue weighted by atomic mass is 16.3. The Morgan fingerprint density at radius 3 is 1.29 bits per heavy atom. The van der Waals surface area contributed by atoms with Crippen LogP contribution >= 0.6 is 0 Å². The van der Waals surface area contributed by atoms with Crippen molar-refractivity contribution in [3.05, 3.63) is 24.3 Å². The van der Waals surface area contributed by atoms with E-state index in [4.69, 9.17) is 0 Å². The zero-order chi connectivity index (χ0) is 32.9. The third-order valence-electron chi connectivity index (χ3n) is 9.19. The lowest BCUT2D eigenvalue weighted by atomic mass is 10.0. The molecule has 45 heavy (non-hydrogen) atoms. The second-order valence-corrected chi connectivity index (χ2v) is 13.7. The number of nitrogens with one attached hydrogen (secondary N) is 1. The van der Waals surface area contributed by atoms with E-state index in [0.29, 0.717) is 6.42 Å². The number of aliphatic hydroxyl groups excluding tert-OH is 2. The van der Waals surface area contributed by atoms with Gasteiger partial charge in [-0.2, -0.15) is 0 Å². The molecule has 0 bridgehead atoms. The van der Waals surface area contributed by atoms with Gasteiger partial charge in [0.1, 0.15) is 0 Å². The molecule has 2 atom stereocenters. The molecule has 0 spiro atoms. The minimum Gasteiger partial charge on any atom is -0.394 e. The minimum absolute atomic E-state index is 0.0738. The maximum atomic E-state index is 12.3. The van der Waals surface area contributed by atoms with Gasteiger partial charge in [0.15, 0.2) is 0 Å². The van der Waals surface area contributed by atoms with Gasteiger partial charge in [-0.15, -0.1) is 0 Å². The predicted molar refractivity (Wildman–Crippen MR) is 198 cm³/mol. The number of amides is 1. The van der Waals surface area contributed by atoms with E-state index in [9.17, 15) is 15.0 Å². The lowest BCUT2D eigenvalue weighted by molar-refractivity contribution is -0.123. The summed E-state index contributed by atoms with van der Waals surface area (Å²) in [5.74, 6) is -0.0738. The van der Waals surface area contributed by atoms with E-state index in [2.05, 4.69) is 31.3 Å². The Bertz CT molecular complexity index is 647. The smallest absolute Gasteiger partial charge is 0.220 e. The average Bonchev–Trinajstić information content (AvgIpc) is 3.04. The minimum atomic E-state index is -0.855. The first-order valence-electron chi connectivity index (χ1n) is 20.1. The molecule has 4 nitrogen and oxygen atoms in total. The van der Waals surface area contributed by atoms with E-state index in [0.717, 1.165) is 32.1 Å². The van der Waals surface area contributed by atoms with Gasteiger partial charge < -0.3 is 15.5 Å². The molecule has 3 N–H and O–H groups in total. The third-order valence-corrected chi connectivity index (χ3v) is 9.19. The van der Waals surface area contributed by atoms with Gasteiger partial charge in [0.05, 0.1) is 18.8 Å². The van der Waals surface area contributed by atoms with Crippen molar-refractivity contribution in [3.63, 3.8) is 0 Å². The van der Waals surface area contributed by atoms with Gasteiger partial charge in [-0.1, -0.05) is 199 Å². The molecule has 0 radical (unpaired) electrons. The fourth-order valence-electron chi connectivity index (χ4n) is 6.08. The van der Waals surface area contributed by atoms with Crippen molar-refractivity contribution in [2.24, 2.45) is 0 Å². The fourth-order valence-corrected chi connectivity index (χ4v) is 6.08. The lowest BCUT2D eigenvalue weighted by Gasteiger charge is -2.19. The van der Waals surface area contributed by atoms with E-state index in [-0.39, 0.29) is 12.5 Å². The van der Waals surface area contributed by atoms with Crippen LogP contribution in [-0.4, -0.2) is 34.9 Å². The summed E-state index contributed by atoms with van der Waals surface area (Å²) in [5.41, 5.74) is 0. The van der Waals surface area contributed by atoms with E-state index in [1.165, 1.54) is 161 Å². The van der Waals surface area contributed by atoms with Gasteiger partial charge in [0, 0.05) is 6.42 Å². The maximum Gasteiger partial charge on any atom is 0.220 e. The normalized spacial score (nSPS) is 13.2. The van der Waals surface area contributed by atoms with E-state index < -0.39 is 12.1 Å². The van der Waals surface area contributed by atoms with Gasteiger partial charge in [0.2, 0.25) is 5.91 Å². The van der Waals surface area contributed by atoms with Crippen LogP contribution < -0.4 is 5.32 Å². The van der Waals surface area contributed by atoms with Crippen LogP contribution in [0.25, 0.3) is 0 Å². The van der Waals surface area contributed by atoms with Crippen molar-refractivity contribution in [2.75, 3.05) is 6.61 Å². The Morgan fingerprint density at radius 2 is 0.867 bits per heavy atom. The molecule has 0 heterocycles. The predicted octanol–water partition coefficient (Wildman–Crippen LogP) is 12.1. The number of aliphatic hydroxyl groups is 2. The third kappa shape index (κ3) is 34.0. The molecule has 0 rings (SSSR count). The van der Waals surface area contributed by atoms with Crippen molar-refractivity contribution in [3.8, 4) is 0 Å². The van der Waals surface area contributed by atoms with Crippen molar-refractivity contribution in [1.29, 1.82) is 0 Å². The first-order chi connectivity index (χ1) is 22.2. The van der Waals surface area contributed by atoms with Crippen molar-refractivity contribution in [2.45, 2.75) is 225 Å². The number of carbonyl (C=O) groups excluding carboxylic acids is 1. The standard InChI is InChI=1S/C41H79NO3/c1-3-5-7-9-11-13-14-15-16-17-18-19-20-21-22-23-24-25-26-27-29-31-33-35-37-41(45)42-39(38-43)40(44)36-34-32-30-28-12-10-8-6-4-2/h12,28,34,36,39-40,43-44H,3-11,13-27,29-33,35,37-38H2,1-2H3,(H,42,45)/b28-12+,36-34+. The molecule has 4 heteroatoms. The number of allylic oxidation sites excluding steroid dienone is 3. The quantitative estimate of drug-likeness (QED) is 0.0475. The molecule has 0 saturated heterocycles. The van der Waals surface area contributed by atoms with Crippen molar-refractivity contribution < 1.29 is 15.0 Å². The zero-order valence-electron chi connectivity index (χ0n) is 30.4. The Kier molecular flexibility index (Phi) is 36.4. The highest BCUT2D eigenvalue weighted by Gasteiger charge is 2.17. The highest BCUT2D eigenvalue weighted by molar-refractivity contribution is 5.76. The van der Waals surface area contributed by atoms with E-state index >= 15 is 0 Å². The largest absolute Gasteiger partial charge is 0.394 e. The molecule has 266 valence electrons. The first-order valence-corrected chi connectivity index (χ1v) is 20.1. The zero-order valence-corrected chi connectivity index (χ0v) is 30.4.